The van der Waals surface area contributed by atoms with Crippen LogP contribution < -0.4 is 11.4 Å². The lowest BCUT2D eigenvalue weighted by atomic mass is 10.2. The number of aromatic amines is 1. The number of phosphoric ester groups is 1. The van der Waals surface area contributed by atoms with Crippen LogP contribution in [0.1, 0.15) is 12.6 Å². The average molecular weight is 329 g/mol. The zero-order chi connectivity index (χ0) is 15.5. The lowest BCUT2D eigenvalue weighted by Gasteiger charge is -2.26. The number of imidazole rings is 1. The van der Waals surface area contributed by atoms with Crippen LogP contribution in [0.2, 0.25) is 0 Å². The third kappa shape index (κ3) is 2.14. The highest BCUT2D eigenvalue weighted by atomic mass is 31.2. The summed E-state index contributed by atoms with van der Waals surface area (Å²) in [5, 5.41) is 0. The largest absolute Gasteiger partial charge is 0.472 e. The first-order chi connectivity index (χ1) is 10.4. The van der Waals surface area contributed by atoms with Crippen molar-refractivity contribution < 1.29 is 23.2 Å². The Labute approximate surface area is 122 Å². The fourth-order valence-electron chi connectivity index (χ4n) is 2.67. The lowest BCUT2D eigenvalue weighted by Crippen LogP contribution is -2.32. The van der Waals surface area contributed by atoms with Gasteiger partial charge in [-0.3, -0.25) is 18.6 Å². The van der Waals surface area contributed by atoms with Gasteiger partial charge in [-0.2, -0.15) is 4.98 Å². The number of nitrogens with one attached hydrogen (secondary N) is 1. The predicted molar refractivity (Wildman–Crippen MR) is 71.7 cm³/mol. The number of H-pyrrole nitrogens is 1. The summed E-state index contributed by atoms with van der Waals surface area (Å²) >= 11 is 0. The third-order valence-electron chi connectivity index (χ3n) is 3.63. The number of anilines is 1. The van der Waals surface area contributed by atoms with Crippen LogP contribution in [0.15, 0.2) is 11.1 Å². The first-order valence-electron chi connectivity index (χ1n) is 6.46. The van der Waals surface area contributed by atoms with E-state index in [2.05, 4.69) is 15.0 Å². The third-order valence-corrected chi connectivity index (χ3v) is 4.65. The highest BCUT2D eigenvalue weighted by Crippen LogP contribution is 2.52. The van der Waals surface area contributed by atoms with Gasteiger partial charge in [0.25, 0.3) is 0 Å². The van der Waals surface area contributed by atoms with E-state index in [1.54, 1.807) is 4.57 Å². The summed E-state index contributed by atoms with van der Waals surface area (Å²) in [6, 6.07) is 0. The molecule has 22 heavy (non-hydrogen) atoms. The van der Waals surface area contributed by atoms with Gasteiger partial charge in [-0.15, -0.1) is 0 Å². The first-order valence-corrected chi connectivity index (χ1v) is 7.96. The Balaban J connectivity index is 1.69. The van der Waals surface area contributed by atoms with Crippen molar-refractivity contribution in [3.05, 3.63) is 16.8 Å². The molecule has 4 atom stereocenters. The Hall–Kier alpha value is -1.78. The van der Waals surface area contributed by atoms with Crippen molar-refractivity contribution in [3.8, 4) is 0 Å². The fraction of sp³-hybridized carbons (Fsp3) is 0.500. The molecule has 0 radical (unpaired) electrons. The maximum atomic E-state index is 11.5. The Kier molecular flexibility index (Phi) is 2.90. The second-order valence-electron chi connectivity index (χ2n) is 5.05. The molecule has 2 saturated heterocycles. The smallest absolute Gasteiger partial charge is 0.383 e. The minimum absolute atomic E-state index is 0.0439. The molecule has 4 rings (SSSR count). The number of phosphoric acid groups is 1. The molecule has 2 aliphatic heterocycles. The molecule has 11 nitrogen and oxygen atoms in total. The SMILES string of the molecule is Nc1[nH]c(=O)nc2c1ncn2[C@H]1C[C@@H]2OP(=O)(O)OC[C@H]2O1. The van der Waals surface area contributed by atoms with Crippen molar-refractivity contribution in [1.29, 1.82) is 0 Å². The Morgan fingerprint density at radius 2 is 2.32 bits per heavy atom. The van der Waals surface area contributed by atoms with Gasteiger partial charge in [0, 0.05) is 6.42 Å². The van der Waals surface area contributed by atoms with Gasteiger partial charge < -0.3 is 15.4 Å². The minimum Gasteiger partial charge on any atom is -0.383 e. The standard InChI is InChI=1S/C10H12N5O6P/c11-8-7-9(14-10(16)13-8)15(3-12-7)6-1-4-5(20-6)2-19-22(17,18)21-4/h3-6H,1-2H2,(H,17,18)(H3,11,13,14,16)/t4-,5+,6+/m0/s1. The van der Waals surface area contributed by atoms with E-state index in [1.807, 2.05) is 0 Å². The van der Waals surface area contributed by atoms with Crippen LogP contribution in [0.25, 0.3) is 11.2 Å². The molecule has 4 heterocycles. The number of fused-ring (bicyclic) bond motifs is 2. The number of rotatable bonds is 1. The first kappa shape index (κ1) is 13.9. The Morgan fingerprint density at radius 1 is 1.50 bits per heavy atom. The lowest BCUT2D eigenvalue weighted by molar-refractivity contribution is -0.0662. The summed E-state index contributed by atoms with van der Waals surface area (Å²) < 4.78 is 28.4. The van der Waals surface area contributed by atoms with Gasteiger partial charge in [0.2, 0.25) is 0 Å². The summed E-state index contributed by atoms with van der Waals surface area (Å²) in [5.41, 5.74) is 5.72. The zero-order valence-corrected chi connectivity index (χ0v) is 12.0. The molecule has 1 unspecified atom stereocenters. The molecular formula is C10H12N5O6P. The van der Waals surface area contributed by atoms with E-state index in [0.717, 1.165) is 0 Å². The van der Waals surface area contributed by atoms with E-state index < -0.39 is 31.9 Å². The number of ether oxygens (including phenoxy) is 1. The van der Waals surface area contributed by atoms with Gasteiger partial charge in [0.05, 0.1) is 12.9 Å². The maximum absolute atomic E-state index is 11.5. The van der Waals surface area contributed by atoms with Crippen LogP contribution in [-0.2, 0) is 18.3 Å². The van der Waals surface area contributed by atoms with Crippen molar-refractivity contribution in [2.45, 2.75) is 24.9 Å². The normalized spacial score (nSPS) is 34.9. The molecule has 0 bridgehead atoms. The molecule has 0 amide bonds. The maximum Gasteiger partial charge on any atom is 0.472 e. The summed E-state index contributed by atoms with van der Waals surface area (Å²) in [6.45, 7) is -0.0439. The monoisotopic (exact) mass is 329 g/mol. The van der Waals surface area contributed by atoms with Crippen molar-refractivity contribution in [2.75, 3.05) is 12.3 Å². The Morgan fingerprint density at radius 3 is 3.14 bits per heavy atom. The van der Waals surface area contributed by atoms with Crippen molar-refractivity contribution in [3.63, 3.8) is 0 Å². The molecule has 2 aromatic heterocycles. The molecule has 12 heteroatoms. The molecule has 2 fully saturated rings. The summed E-state index contributed by atoms with van der Waals surface area (Å²) in [6.07, 6.45) is 0.152. The fourth-order valence-corrected chi connectivity index (χ4v) is 3.63. The van der Waals surface area contributed by atoms with Crippen molar-refractivity contribution >= 4 is 24.8 Å². The highest BCUT2D eigenvalue weighted by molar-refractivity contribution is 7.47. The number of nitrogen functional groups attached to an aromatic ring is 1. The summed E-state index contributed by atoms with van der Waals surface area (Å²) in [4.78, 5) is 31.1. The average Bonchev–Trinajstić information content (AvgIpc) is 3.00. The molecule has 2 aliphatic rings. The van der Waals surface area contributed by atoms with E-state index >= 15 is 0 Å². The molecule has 118 valence electrons. The molecule has 0 saturated carbocycles. The number of nitrogens with two attached hydrogens (primary N) is 1. The van der Waals surface area contributed by atoms with Crippen LogP contribution in [0.4, 0.5) is 5.82 Å². The summed E-state index contributed by atoms with van der Waals surface area (Å²) in [7, 11) is -4.02. The number of aromatic nitrogens is 4. The van der Waals surface area contributed by atoms with Gasteiger partial charge in [-0.05, 0) is 0 Å². The van der Waals surface area contributed by atoms with Crippen molar-refractivity contribution in [1.82, 2.24) is 19.5 Å². The molecule has 4 N–H and O–H groups in total. The van der Waals surface area contributed by atoms with E-state index in [0.29, 0.717) is 11.9 Å². The minimum atomic E-state index is -4.02. The van der Waals surface area contributed by atoms with Crippen LogP contribution in [0.3, 0.4) is 0 Å². The molecule has 0 aromatic carbocycles. The number of hydrogen-bond acceptors (Lipinski definition) is 8. The Bertz CT molecular complexity index is 848. The second-order valence-corrected chi connectivity index (χ2v) is 6.46. The van der Waals surface area contributed by atoms with Gasteiger partial charge >= 0.3 is 13.5 Å². The van der Waals surface area contributed by atoms with Gasteiger partial charge in [0.1, 0.15) is 29.8 Å². The molecule has 0 spiro atoms. The quantitative estimate of drug-likeness (QED) is 0.587. The van der Waals surface area contributed by atoms with Gasteiger partial charge in [0.15, 0.2) is 5.65 Å². The van der Waals surface area contributed by atoms with Crippen LogP contribution >= 0.6 is 7.82 Å². The van der Waals surface area contributed by atoms with E-state index in [4.69, 9.17) is 19.5 Å². The summed E-state index contributed by atoms with van der Waals surface area (Å²) in [5.74, 6) is 0.114. The molecular weight excluding hydrogens is 317 g/mol. The molecule has 0 aliphatic carbocycles. The van der Waals surface area contributed by atoms with Crippen LogP contribution in [0.5, 0.6) is 0 Å². The highest BCUT2D eigenvalue weighted by Gasteiger charge is 2.46. The van der Waals surface area contributed by atoms with Crippen LogP contribution in [-0.4, -0.2) is 43.2 Å². The topological polar surface area (TPSA) is 155 Å². The van der Waals surface area contributed by atoms with Gasteiger partial charge in [-0.1, -0.05) is 0 Å². The molecule has 2 aromatic rings. The van der Waals surface area contributed by atoms with E-state index in [1.165, 1.54) is 6.33 Å². The van der Waals surface area contributed by atoms with E-state index in [-0.39, 0.29) is 18.1 Å². The number of nitrogens with zero attached hydrogens (tertiary/aromatic N) is 3. The van der Waals surface area contributed by atoms with Gasteiger partial charge in [-0.25, -0.2) is 14.3 Å². The van der Waals surface area contributed by atoms with Crippen molar-refractivity contribution in [2.24, 2.45) is 0 Å². The second kappa shape index (κ2) is 4.61. The predicted octanol–water partition coefficient (Wildman–Crippen LogP) is -0.495. The van der Waals surface area contributed by atoms with E-state index in [9.17, 15) is 14.3 Å². The van der Waals surface area contributed by atoms with Crippen LogP contribution in [0, 0.1) is 0 Å². The number of hydrogen-bond donors (Lipinski definition) is 3. The zero-order valence-electron chi connectivity index (χ0n) is 11.1.